The van der Waals surface area contributed by atoms with Gasteiger partial charge in [0.15, 0.2) is 0 Å². The molecule has 4 nitrogen and oxygen atoms in total. The topological polar surface area (TPSA) is 52.6 Å². The highest BCUT2D eigenvalue weighted by Crippen LogP contribution is 2.46. The van der Waals surface area contributed by atoms with Crippen molar-refractivity contribution in [1.29, 1.82) is 0 Å². The predicted octanol–water partition coefficient (Wildman–Crippen LogP) is 6.17. The summed E-state index contributed by atoms with van der Waals surface area (Å²) in [5.74, 6) is -2.71. The molecule has 1 aliphatic rings. The zero-order chi connectivity index (χ0) is 25.9. The van der Waals surface area contributed by atoms with Gasteiger partial charge in [0, 0.05) is 12.3 Å². The van der Waals surface area contributed by atoms with Crippen molar-refractivity contribution in [2.24, 2.45) is 5.92 Å². The van der Waals surface area contributed by atoms with E-state index in [1.807, 2.05) is 13.8 Å². The van der Waals surface area contributed by atoms with E-state index >= 15 is 0 Å². The van der Waals surface area contributed by atoms with E-state index in [1.165, 1.54) is 50.6 Å². The van der Waals surface area contributed by atoms with Gasteiger partial charge in [0.1, 0.15) is 5.82 Å². The maximum Gasteiger partial charge on any atom is 0.416 e. The molecular weight excluding hydrogens is 464 g/mol. The second-order valence-electron chi connectivity index (χ2n) is 8.61. The van der Waals surface area contributed by atoms with Crippen molar-refractivity contribution in [3.8, 4) is 0 Å². The van der Waals surface area contributed by atoms with Gasteiger partial charge in [0.05, 0.1) is 30.9 Å². The minimum Gasteiger partial charge on any atom is -0.466 e. The molecule has 0 fully saturated rings. The number of hydrogen-bond acceptors (Lipinski definition) is 4. The zero-order valence-corrected chi connectivity index (χ0v) is 19.8. The summed E-state index contributed by atoms with van der Waals surface area (Å²) in [6.07, 6.45) is -4.11. The molecule has 0 radical (unpaired) electrons. The molecule has 1 unspecified atom stereocenters. The molecule has 35 heavy (non-hydrogen) atoms. The first kappa shape index (κ1) is 26.2. The molecule has 2 aromatic carbocycles. The normalized spacial score (nSPS) is 16.5. The third-order valence-corrected chi connectivity index (χ3v) is 6.16. The van der Waals surface area contributed by atoms with Crippen LogP contribution < -0.4 is 0 Å². The standard InChI is InChI=1S/C27H26F4O4/c1-15(2)20-14-22(25(32)34-3)24(26(33)35-4)23(17-7-11-19(28)12-8-17)21(20)13-16-5-9-18(10-6-16)27(29,30)31/h5-12,15,23H,13-14H2,1-4H3. The number of allylic oxidation sites excluding steroid dienone is 2. The van der Waals surface area contributed by atoms with E-state index in [-0.39, 0.29) is 29.9 Å². The highest BCUT2D eigenvalue weighted by atomic mass is 19.4. The first-order chi connectivity index (χ1) is 16.5. The quantitative estimate of drug-likeness (QED) is 0.276. The lowest BCUT2D eigenvalue weighted by Crippen LogP contribution is -2.28. The van der Waals surface area contributed by atoms with Gasteiger partial charge in [-0.2, -0.15) is 13.2 Å². The second-order valence-corrected chi connectivity index (χ2v) is 8.61. The lowest BCUT2D eigenvalue weighted by atomic mass is 9.70. The van der Waals surface area contributed by atoms with Crippen LogP contribution >= 0.6 is 0 Å². The summed E-state index contributed by atoms with van der Waals surface area (Å²) in [5.41, 5.74) is 2.22. The van der Waals surface area contributed by atoms with Crippen LogP contribution in [0, 0.1) is 11.7 Å². The lowest BCUT2D eigenvalue weighted by molar-refractivity contribution is -0.139. The van der Waals surface area contributed by atoms with Gasteiger partial charge in [0.25, 0.3) is 0 Å². The molecule has 0 saturated carbocycles. The van der Waals surface area contributed by atoms with Crippen molar-refractivity contribution in [2.75, 3.05) is 14.2 Å². The number of halogens is 4. The number of hydrogen-bond donors (Lipinski definition) is 0. The van der Waals surface area contributed by atoms with E-state index in [2.05, 4.69) is 0 Å². The Morgan fingerprint density at radius 3 is 2.00 bits per heavy atom. The summed E-state index contributed by atoms with van der Waals surface area (Å²) in [6.45, 7) is 3.86. The van der Waals surface area contributed by atoms with Crippen LogP contribution in [-0.4, -0.2) is 26.2 Å². The molecule has 0 N–H and O–H groups in total. The Hall–Kier alpha value is -3.42. The fourth-order valence-electron chi connectivity index (χ4n) is 4.43. The van der Waals surface area contributed by atoms with E-state index in [0.29, 0.717) is 11.1 Å². The van der Waals surface area contributed by atoms with E-state index in [1.54, 1.807) is 0 Å². The zero-order valence-electron chi connectivity index (χ0n) is 19.8. The average molecular weight is 490 g/mol. The smallest absolute Gasteiger partial charge is 0.416 e. The van der Waals surface area contributed by atoms with Crippen molar-refractivity contribution < 1.29 is 36.6 Å². The van der Waals surface area contributed by atoms with Gasteiger partial charge in [0.2, 0.25) is 0 Å². The summed E-state index contributed by atoms with van der Waals surface area (Å²) in [7, 11) is 2.41. The number of alkyl halides is 3. The van der Waals surface area contributed by atoms with Gasteiger partial charge in [-0.05, 0) is 47.7 Å². The Labute approximate surface area is 201 Å². The predicted molar refractivity (Wildman–Crippen MR) is 122 cm³/mol. The van der Waals surface area contributed by atoms with Crippen molar-refractivity contribution in [2.45, 2.75) is 38.8 Å². The van der Waals surface area contributed by atoms with Crippen LogP contribution in [0.25, 0.3) is 0 Å². The first-order valence-electron chi connectivity index (χ1n) is 11.0. The molecule has 0 aromatic heterocycles. The molecule has 1 aliphatic carbocycles. The summed E-state index contributed by atoms with van der Waals surface area (Å²) < 4.78 is 62.9. The molecule has 0 heterocycles. The largest absolute Gasteiger partial charge is 0.466 e. The highest BCUT2D eigenvalue weighted by molar-refractivity contribution is 6.03. The van der Waals surface area contributed by atoms with Gasteiger partial charge < -0.3 is 9.47 Å². The molecule has 0 bridgehead atoms. The van der Waals surface area contributed by atoms with Gasteiger partial charge in [-0.1, -0.05) is 49.3 Å². The van der Waals surface area contributed by atoms with Crippen LogP contribution in [0.4, 0.5) is 17.6 Å². The summed E-state index contributed by atoms with van der Waals surface area (Å²) in [6, 6.07) is 10.4. The van der Waals surface area contributed by atoms with Crippen molar-refractivity contribution in [1.82, 2.24) is 0 Å². The maximum absolute atomic E-state index is 13.7. The Bertz CT molecular complexity index is 1160. The number of ether oxygens (including phenoxy) is 2. The Morgan fingerprint density at radius 2 is 1.51 bits per heavy atom. The number of carbonyl (C=O) groups excluding carboxylic acids is 2. The van der Waals surface area contributed by atoms with E-state index in [9.17, 15) is 27.2 Å². The van der Waals surface area contributed by atoms with Crippen LogP contribution in [0.2, 0.25) is 0 Å². The molecular formula is C27H26F4O4. The molecule has 0 spiro atoms. The fourth-order valence-corrected chi connectivity index (χ4v) is 4.43. The fraction of sp³-hybridized carbons (Fsp3) is 0.333. The molecule has 0 amide bonds. The van der Waals surface area contributed by atoms with E-state index in [4.69, 9.17) is 9.47 Å². The highest BCUT2D eigenvalue weighted by Gasteiger charge is 2.39. The minimum atomic E-state index is -4.46. The number of carbonyl (C=O) groups is 2. The van der Waals surface area contributed by atoms with Gasteiger partial charge in [-0.25, -0.2) is 14.0 Å². The van der Waals surface area contributed by atoms with Crippen molar-refractivity contribution in [3.63, 3.8) is 0 Å². The van der Waals surface area contributed by atoms with Gasteiger partial charge >= 0.3 is 18.1 Å². The monoisotopic (exact) mass is 490 g/mol. The average Bonchev–Trinajstić information content (AvgIpc) is 2.82. The molecule has 8 heteroatoms. The summed E-state index contributed by atoms with van der Waals surface area (Å²) in [4.78, 5) is 25.7. The van der Waals surface area contributed by atoms with Crippen molar-refractivity contribution in [3.05, 3.63) is 93.3 Å². The molecule has 0 aliphatic heterocycles. The van der Waals surface area contributed by atoms with Crippen LogP contribution in [0.5, 0.6) is 0 Å². The molecule has 186 valence electrons. The summed E-state index contributed by atoms with van der Waals surface area (Å²) in [5, 5.41) is 0. The first-order valence-corrected chi connectivity index (χ1v) is 11.0. The minimum absolute atomic E-state index is 0.0544. The third kappa shape index (κ3) is 5.63. The van der Waals surface area contributed by atoms with Crippen LogP contribution in [-0.2, 0) is 31.7 Å². The Balaban J connectivity index is 2.23. The van der Waals surface area contributed by atoms with Crippen molar-refractivity contribution >= 4 is 11.9 Å². The number of benzene rings is 2. The van der Waals surface area contributed by atoms with Gasteiger partial charge in [-0.3, -0.25) is 0 Å². The van der Waals surface area contributed by atoms with Gasteiger partial charge in [-0.15, -0.1) is 0 Å². The number of methoxy groups -OCH3 is 2. The molecule has 2 aromatic rings. The SMILES string of the molecule is COC(=O)C1=C(C(=O)OC)C(c2ccc(F)cc2)C(Cc2ccc(C(F)(F)F)cc2)=C(C(C)C)C1. The molecule has 1 atom stereocenters. The van der Waals surface area contributed by atoms with Crippen LogP contribution in [0.1, 0.15) is 42.9 Å². The summed E-state index contributed by atoms with van der Waals surface area (Å²) >= 11 is 0. The number of esters is 2. The Kier molecular flexibility index (Phi) is 7.83. The van der Waals surface area contributed by atoms with E-state index < -0.39 is 35.4 Å². The third-order valence-electron chi connectivity index (χ3n) is 6.16. The molecule has 0 saturated heterocycles. The van der Waals surface area contributed by atoms with Crippen LogP contribution in [0.15, 0.2) is 70.8 Å². The van der Waals surface area contributed by atoms with Crippen LogP contribution in [0.3, 0.4) is 0 Å². The lowest BCUT2D eigenvalue weighted by Gasteiger charge is -2.33. The number of rotatable bonds is 6. The molecule has 3 rings (SSSR count). The van der Waals surface area contributed by atoms with E-state index in [0.717, 1.165) is 23.3 Å². The Morgan fingerprint density at radius 1 is 0.943 bits per heavy atom. The maximum atomic E-state index is 13.7. The second kappa shape index (κ2) is 10.5.